The molecule has 0 radical (unpaired) electrons. The van der Waals surface area contributed by atoms with Gasteiger partial charge in [-0.2, -0.15) is 0 Å². The minimum atomic E-state index is -0.854. The summed E-state index contributed by atoms with van der Waals surface area (Å²) < 4.78 is 6.17. The van der Waals surface area contributed by atoms with E-state index in [9.17, 15) is 0 Å². The van der Waals surface area contributed by atoms with E-state index in [2.05, 4.69) is 33.9 Å². The first-order chi connectivity index (χ1) is 6.41. The van der Waals surface area contributed by atoms with E-state index in [0.29, 0.717) is 11.5 Å². The van der Waals surface area contributed by atoms with Crippen molar-refractivity contribution < 1.29 is 4.43 Å². The SMILES string of the molecule is C[SiH](C)OC1CCCCC1C(C)(C)C. The van der Waals surface area contributed by atoms with Crippen molar-refractivity contribution >= 4 is 9.04 Å². The minimum Gasteiger partial charge on any atom is -0.417 e. The van der Waals surface area contributed by atoms with Crippen LogP contribution in [-0.4, -0.2) is 15.1 Å². The highest BCUT2D eigenvalue weighted by molar-refractivity contribution is 6.48. The lowest BCUT2D eigenvalue weighted by atomic mass is 9.71. The van der Waals surface area contributed by atoms with Crippen LogP contribution < -0.4 is 0 Å². The quantitative estimate of drug-likeness (QED) is 0.638. The summed E-state index contributed by atoms with van der Waals surface area (Å²) >= 11 is 0. The zero-order valence-electron chi connectivity index (χ0n) is 10.5. The average molecular weight is 214 g/mol. The third-order valence-electron chi connectivity index (χ3n) is 3.26. The van der Waals surface area contributed by atoms with Crippen molar-refractivity contribution in [3.8, 4) is 0 Å². The molecule has 0 aromatic heterocycles. The molecule has 14 heavy (non-hydrogen) atoms. The Bertz CT molecular complexity index is 172. The molecule has 84 valence electrons. The van der Waals surface area contributed by atoms with Gasteiger partial charge in [-0.25, -0.2) is 0 Å². The van der Waals surface area contributed by atoms with E-state index in [1.807, 2.05) is 0 Å². The standard InChI is InChI=1S/C12H26OSi/c1-12(2,3)10-8-6-7-9-11(10)13-14(4)5/h10-11,14H,6-9H2,1-5H3. The van der Waals surface area contributed by atoms with Gasteiger partial charge in [0.25, 0.3) is 0 Å². The van der Waals surface area contributed by atoms with Gasteiger partial charge in [-0.15, -0.1) is 0 Å². The maximum atomic E-state index is 6.17. The predicted octanol–water partition coefficient (Wildman–Crippen LogP) is 3.59. The molecule has 1 fully saturated rings. The first-order valence-corrected chi connectivity index (χ1v) is 8.85. The molecule has 0 spiro atoms. The van der Waals surface area contributed by atoms with Gasteiger partial charge in [-0.3, -0.25) is 0 Å². The molecule has 0 N–H and O–H groups in total. The van der Waals surface area contributed by atoms with E-state index in [1.54, 1.807) is 0 Å². The number of rotatable bonds is 2. The lowest BCUT2D eigenvalue weighted by Gasteiger charge is -2.41. The summed E-state index contributed by atoms with van der Waals surface area (Å²) in [7, 11) is -0.854. The summed E-state index contributed by atoms with van der Waals surface area (Å²) in [5.41, 5.74) is 0.425. The van der Waals surface area contributed by atoms with Crippen molar-refractivity contribution in [2.75, 3.05) is 0 Å². The van der Waals surface area contributed by atoms with E-state index < -0.39 is 9.04 Å². The second kappa shape index (κ2) is 4.80. The fourth-order valence-corrected chi connectivity index (χ4v) is 3.62. The highest BCUT2D eigenvalue weighted by atomic mass is 28.3. The molecule has 1 aliphatic carbocycles. The fourth-order valence-electron chi connectivity index (χ4n) is 2.60. The van der Waals surface area contributed by atoms with Gasteiger partial charge < -0.3 is 4.43 Å². The van der Waals surface area contributed by atoms with Gasteiger partial charge in [-0.05, 0) is 37.3 Å². The Hall–Kier alpha value is 0.177. The molecule has 0 heterocycles. The van der Waals surface area contributed by atoms with Crippen LogP contribution >= 0.6 is 0 Å². The van der Waals surface area contributed by atoms with Crippen LogP contribution in [0.3, 0.4) is 0 Å². The number of hydrogen-bond donors (Lipinski definition) is 0. The van der Waals surface area contributed by atoms with Gasteiger partial charge in [0, 0.05) is 6.10 Å². The van der Waals surface area contributed by atoms with Crippen molar-refractivity contribution in [2.24, 2.45) is 11.3 Å². The second-order valence-corrected chi connectivity index (χ2v) is 8.35. The molecular weight excluding hydrogens is 188 g/mol. The molecule has 2 atom stereocenters. The third kappa shape index (κ3) is 3.39. The molecule has 1 nitrogen and oxygen atoms in total. The molecule has 0 aromatic carbocycles. The van der Waals surface area contributed by atoms with E-state index >= 15 is 0 Å². The Morgan fingerprint density at radius 2 is 1.64 bits per heavy atom. The summed E-state index contributed by atoms with van der Waals surface area (Å²) in [6, 6.07) is 0. The van der Waals surface area contributed by atoms with Gasteiger partial charge in [0.05, 0.1) is 0 Å². The third-order valence-corrected chi connectivity index (χ3v) is 4.16. The lowest BCUT2D eigenvalue weighted by molar-refractivity contribution is 0.0273. The van der Waals surface area contributed by atoms with Crippen LogP contribution in [0.25, 0.3) is 0 Å². The van der Waals surface area contributed by atoms with Crippen molar-refractivity contribution in [1.29, 1.82) is 0 Å². The van der Waals surface area contributed by atoms with Crippen LogP contribution in [0.1, 0.15) is 46.5 Å². The molecule has 0 aromatic rings. The Labute approximate surface area is 91.0 Å². The van der Waals surface area contributed by atoms with E-state index in [4.69, 9.17) is 4.43 Å². The Morgan fingerprint density at radius 1 is 1.07 bits per heavy atom. The topological polar surface area (TPSA) is 9.23 Å². The van der Waals surface area contributed by atoms with Gasteiger partial charge in [0.2, 0.25) is 0 Å². The Kier molecular flexibility index (Phi) is 4.20. The zero-order chi connectivity index (χ0) is 10.8. The van der Waals surface area contributed by atoms with E-state index in [0.717, 1.165) is 5.92 Å². The summed E-state index contributed by atoms with van der Waals surface area (Å²) in [5.74, 6) is 0.783. The zero-order valence-corrected chi connectivity index (χ0v) is 11.6. The first kappa shape index (κ1) is 12.2. The van der Waals surface area contributed by atoms with Crippen LogP contribution in [0, 0.1) is 11.3 Å². The lowest BCUT2D eigenvalue weighted by Crippen LogP contribution is -2.38. The molecule has 0 aliphatic heterocycles. The summed E-state index contributed by atoms with van der Waals surface area (Å²) in [4.78, 5) is 0. The molecule has 1 rings (SSSR count). The molecule has 1 aliphatic rings. The van der Waals surface area contributed by atoms with Crippen molar-refractivity contribution in [2.45, 2.75) is 65.7 Å². The maximum Gasteiger partial charge on any atom is 0.171 e. The van der Waals surface area contributed by atoms with Crippen LogP contribution in [0.2, 0.25) is 13.1 Å². The normalized spacial score (nSPS) is 29.6. The van der Waals surface area contributed by atoms with Crippen molar-refractivity contribution in [3.05, 3.63) is 0 Å². The van der Waals surface area contributed by atoms with Crippen LogP contribution in [0.5, 0.6) is 0 Å². The highest BCUT2D eigenvalue weighted by Crippen LogP contribution is 2.39. The summed E-state index contributed by atoms with van der Waals surface area (Å²) in [5, 5.41) is 0. The molecule has 2 heteroatoms. The molecule has 1 saturated carbocycles. The average Bonchev–Trinajstić information content (AvgIpc) is 2.01. The van der Waals surface area contributed by atoms with Crippen LogP contribution in [0.15, 0.2) is 0 Å². The van der Waals surface area contributed by atoms with Gasteiger partial charge >= 0.3 is 0 Å². The predicted molar refractivity (Wildman–Crippen MR) is 65.2 cm³/mol. The maximum absolute atomic E-state index is 6.17. The molecule has 0 amide bonds. The molecule has 0 saturated heterocycles. The molecule has 2 unspecified atom stereocenters. The Morgan fingerprint density at radius 3 is 2.14 bits per heavy atom. The van der Waals surface area contributed by atoms with Crippen LogP contribution in [-0.2, 0) is 4.43 Å². The molecule has 0 bridgehead atoms. The highest BCUT2D eigenvalue weighted by Gasteiger charge is 2.34. The summed E-state index contributed by atoms with van der Waals surface area (Å²) in [6.45, 7) is 11.7. The largest absolute Gasteiger partial charge is 0.417 e. The minimum absolute atomic E-state index is 0.425. The Balaban J connectivity index is 2.59. The van der Waals surface area contributed by atoms with Gasteiger partial charge in [0.15, 0.2) is 9.04 Å². The monoisotopic (exact) mass is 214 g/mol. The number of hydrogen-bond acceptors (Lipinski definition) is 1. The van der Waals surface area contributed by atoms with Crippen LogP contribution in [0.4, 0.5) is 0 Å². The molecular formula is C12H26OSi. The van der Waals surface area contributed by atoms with E-state index in [1.165, 1.54) is 25.7 Å². The fraction of sp³-hybridized carbons (Fsp3) is 1.00. The first-order valence-electron chi connectivity index (χ1n) is 6.06. The smallest absolute Gasteiger partial charge is 0.171 e. The van der Waals surface area contributed by atoms with Gasteiger partial charge in [0.1, 0.15) is 0 Å². The van der Waals surface area contributed by atoms with E-state index in [-0.39, 0.29) is 0 Å². The van der Waals surface area contributed by atoms with Crippen molar-refractivity contribution in [3.63, 3.8) is 0 Å². The van der Waals surface area contributed by atoms with Crippen molar-refractivity contribution in [1.82, 2.24) is 0 Å². The summed E-state index contributed by atoms with van der Waals surface area (Å²) in [6.07, 6.45) is 6.01. The van der Waals surface area contributed by atoms with Gasteiger partial charge in [-0.1, -0.05) is 33.6 Å². The second-order valence-electron chi connectivity index (χ2n) is 5.98.